The zero-order valence-electron chi connectivity index (χ0n) is 11.6. The van der Waals surface area contributed by atoms with Gasteiger partial charge in [0, 0.05) is 12.1 Å². The van der Waals surface area contributed by atoms with Gasteiger partial charge in [-0.25, -0.2) is 0 Å². The molecule has 0 aromatic carbocycles. The summed E-state index contributed by atoms with van der Waals surface area (Å²) in [7, 11) is 0. The molecule has 1 fully saturated rings. The van der Waals surface area contributed by atoms with Gasteiger partial charge in [0.05, 0.1) is 6.07 Å². The van der Waals surface area contributed by atoms with Crippen LogP contribution in [0.1, 0.15) is 59.3 Å². The molecule has 1 aliphatic rings. The second kappa shape index (κ2) is 6.37. The van der Waals surface area contributed by atoms with Crippen LogP contribution < -0.4 is 5.73 Å². The molecule has 0 aromatic rings. The topological polar surface area (TPSA) is 53.1 Å². The molecule has 0 aromatic heterocycles. The standard InChI is InChI=1S/C14H27N3/c1-4-14(16,11-15)9-6-10-17-12(2)7-5-8-13(17)3/h12-13H,4-10,16H2,1-3H3. The number of rotatable bonds is 5. The summed E-state index contributed by atoms with van der Waals surface area (Å²) in [5.74, 6) is 0. The lowest BCUT2D eigenvalue weighted by Crippen LogP contribution is -2.45. The van der Waals surface area contributed by atoms with E-state index in [0.717, 1.165) is 25.8 Å². The van der Waals surface area contributed by atoms with Crippen LogP contribution in [0.2, 0.25) is 0 Å². The van der Waals surface area contributed by atoms with E-state index in [0.29, 0.717) is 12.1 Å². The number of nitrogens with two attached hydrogens (primary N) is 1. The third-order valence-corrected chi connectivity index (χ3v) is 4.27. The zero-order valence-corrected chi connectivity index (χ0v) is 11.6. The highest BCUT2D eigenvalue weighted by Crippen LogP contribution is 2.23. The lowest BCUT2D eigenvalue weighted by Gasteiger charge is -2.39. The van der Waals surface area contributed by atoms with E-state index in [-0.39, 0.29) is 0 Å². The number of hydrogen-bond donors (Lipinski definition) is 1. The van der Waals surface area contributed by atoms with Crippen molar-refractivity contribution < 1.29 is 0 Å². The van der Waals surface area contributed by atoms with Gasteiger partial charge in [-0.05, 0) is 52.5 Å². The maximum absolute atomic E-state index is 9.04. The molecule has 0 bridgehead atoms. The third kappa shape index (κ3) is 3.97. The van der Waals surface area contributed by atoms with Crippen LogP contribution in [-0.2, 0) is 0 Å². The average molecular weight is 237 g/mol. The molecule has 3 atom stereocenters. The third-order valence-electron chi connectivity index (χ3n) is 4.27. The van der Waals surface area contributed by atoms with E-state index in [1.807, 2.05) is 6.92 Å². The molecule has 0 radical (unpaired) electrons. The normalized spacial score (nSPS) is 29.6. The van der Waals surface area contributed by atoms with E-state index < -0.39 is 5.54 Å². The van der Waals surface area contributed by atoms with Gasteiger partial charge in [0.25, 0.3) is 0 Å². The van der Waals surface area contributed by atoms with Crippen LogP contribution in [0, 0.1) is 11.3 Å². The minimum atomic E-state index is -0.609. The molecule has 98 valence electrons. The van der Waals surface area contributed by atoms with Crippen molar-refractivity contribution in [3.63, 3.8) is 0 Å². The molecule has 1 heterocycles. The fourth-order valence-corrected chi connectivity index (χ4v) is 2.80. The summed E-state index contributed by atoms with van der Waals surface area (Å²) in [6, 6.07) is 3.63. The molecule has 0 saturated carbocycles. The van der Waals surface area contributed by atoms with Crippen molar-refractivity contribution in [3.8, 4) is 6.07 Å². The highest BCUT2D eigenvalue weighted by Gasteiger charge is 2.26. The quantitative estimate of drug-likeness (QED) is 0.799. The molecular weight excluding hydrogens is 210 g/mol. The Morgan fingerprint density at radius 2 is 1.94 bits per heavy atom. The van der Waals surface area contributed by atoms with Crippen LogP contribution in [0.5, 0.6) is 0 Å². The van der Waals surface area contributed by atoms with E-state index >= 15 is 0 Å². The summed E-state index contributed by atoms with van der Waals surface area (Å²) in [4.78, 5) is 2.58. The molecule has 1 aliphatic heterocycles. The maximum atomic E-state index is 9.04. The van der Waals surface area contributed by atoms with E-state index in [1.54, 1.807) is 0 Å². The van der Waals surface area contributed by atoms with Crippen molar-refractivity contribution in [1.82, 2.24) is 4.90 Å². The van der Waals surface area contributed by atoms with Gasteiger partial charge in [-0.1, -0.05) is 13.3 Å². The van der Waals surface area contributed by atoms with Gasteiger partial charge >= 0.3 is 0 Å². The molecule has 0 spiro atoms. The minimum Gasteiger partial charge on any atom is -0.313 e. The molecule has 3 heteroatoms. The van der Waals surface area contributed by atoms with Crippen molar-refractivity contribution >= 4 is 0 Å². The fourth-order valence-electron chi connectivity index (χ4n) is 2.80. The Bertz CT molecular complexity index is 261. The van der Waals surface area contributed by atoms with Gasteiger partial charge < -0.3 is 5.73 Å². The zero-order chi connectivity index (χ0) is 12.9. The first kappa shape index (κ1) is 14.5. The average Bonchev–Trinajstić information content (AvgIpc) is 2.32. The number of likely N-dealkylation sites (tertiary alicyclic amines) is 1. The van der Waals surface area contributed by atoms with Gasteiger partial charge in [0.15, 0.2) is 0 Å². The summed E-state index contributed by atoms with van der Waals surface area (Å²) < 4.78 is 0. The fraction of sp³-hybridized carbons (Fsp3) is 0.929. The van der Waals surface area contributed by atoms with Crippen molar-refractivity contribution in [2.24, 2.45) is 5.73 Å². The highest BCUT2D eigenvalue weighted by atomic mass is 15.2. The van der Waals surface area contributed by atoms with E-state index in [2.05, 4.69) is 24.8 Å². The molecule has 0 amide bonds. The molecule has 17 heavy (non-hydrogen) atoms. The molecule has 0 aliphatic carbocycles. The first-order chi connectivity index (χ1) is 8.02. The predicted octanol–water partition coefficient (Wildman–Crippen LogP) is 2.66. The Morgan fingerprint density at radius 3 is 2.41 bits per heavy atom. The van der Waals surface area contributed by atoms with E-state index in [4.69, 9.17) is 11.0 Å². The van der Waals surface area contributed by atoms with Gasteiger partial charge in [-0.3, -0.25) is 4.90 Å². The smallest absolute Gasteiger partial charge is 0.104 e. The second-order valence-electron chi connectivity index (χ2n) is 5.59. The monoisotopic (exact) mass is 237 g/mol. The predicted molar refractivity (Wildman–Crippen MR) is 71.5 cm³/mol. The Hall–Kier alpha value is -0.590. The maximum Gasteiger partial charge on any atom is 0.104 e. The molecule has 1 saturated heterocycles. The van der Waals surface area contributed by atoms with Crippen LogP contribution in [0.4, 0.5) is 0 Å². The van der Waals surface area contributed by atoms with Crippen LogP contribution in [0.3, 0.4) is 0 Å². The lowest BCUT2D eigenvalue weighted by molar-refractivity contribution is 0.0997. The van der Waals surface area contributed by atoms with Crippen molar-refractivity contribution in [3.05, 3.63) is 0 Å². The van der Waals surface area contributed by atoms with E-state index in [1.165, 1.54) is 19.3 Å². The molecule has 2 N–H and O–H groups in total. The minimum absolute atomic E-state index is 0.609. The summed E-state index contributed by atoms with van der Waals surface area (Å²) in [6.07, 6.45) is 6.57. The molecule has 3 unspecified atom stereocenters. The molecular formula is C14H27N3. The van der Waals surface area contributed by atoms with Crippen molar-refractivity contribution in [1.29, 1.82) is 5.26 Å². The number of nitrogens with zero attached hydrogens (tertiary/aromatic N) is 2. The highest BCUT2D eigenvalue weighted by molar-refractivity contribution is 5.03. The molecule has 3 nitrogen and oxygen atoms in total. The Morgan fingerprint density at radius 1 is 1.35 bits per heavy atom. The van der Waals surface area contributed by atoms with Gasteiger partial charge in [-0.15, -0.1) is 0 Å². The Balaban J connectivity index is 2.37. The summed E-state index contributed by atoms with van der Waals surface area (Å²) in [6.45, 7) is 7.71. The number of piperidine rings is 1. The molecule has 1 rings (SSSR count). The van der Waals surface area contributed by atoms with Gasteiger partial charge in [-0.2, -0.15) is 5.26 Å². The number of hydrogen-bond acceptors (Lipinski definition) is 3. The summed E-state index contributed by atoms with van der Waals surface area (Å²) in [5.41, 5.74) is 5.39. The lowest BCUT2D eigenvalue weighted by atomic mass is 9.92. The second-order valence-corrected chi connectivity index (χ2v) is 5.59. The van der Waals surface area contributed by atoms with Crippen molar-refractivity contribution in [2.75, 3.05) is 6.54 Å². The van der Waals surface area contributed by atoms with Crippen LogP contribution in [-0.4, -0.2) is 29.1 Å². The first-order valence-corrected chi connectivity index (χ1v) is 6.98. The Kier molecular flexibility index (Phi) is 5.42. The van der Waals surface area contributed by atoms with Crippen LogP contribution in [0.15, 0.2) is 0 Å². The van der Waals surface area contributed by atoms with Crippen molar-refractivity contribution in [2.45, 2.75) is 76.9 Å². The van der Waals surface area contributed by atoms with Crippen LogP contribution in [0.25, 0.3) is 0 Å². The van der Waals surface area contributed by atoms with Gasteiger partial charge in [0.1, 0.15) is 5.54 Å². The number of nitriles is 1. The largest absolute Gasteiger partial charge is 0.313 e. The van der Waals surface area contributed by atoms with Gasteiger partial charge in [0.2, 0.25) is 0 Å². The first-order valence-electron chi connectivity index (χ1n) is 6.98. The van der Waals surface area contributed by atoms with E-state index in [9.17, 15) is 0 Å². The summed E-state index contributed by atoms with van der Waals surface area (Å²) in [5, 5.41) is 9.04. The van der Waals surface area contributed by atoms with Crippen LogP contribution >= 0.6 is 0 Å². The Labute approximate surface area is 106 Å². The summed E-state index contributed by atoms with van der Waals surface area (Å²) >= 11 is 0. The SMILES string of the molecule is CCC(N)(C#N)CCCN1C(C)CCCC1C.